The first-order valence-electron chi connectivity index (χ1n) is 7.01. The van der Waals surface area contributed by atoms with Crippen LogP contribution in [0, 0.1) is 0 Å². The van der Waals surface area contributed by atoms with Gasteiger partial charge in [0.25, 0.3) is 5.24 Å². The minimum Gasteiger partial charge on any atom is -0.276 e. The van der Waals surface area contributed by atoms with Gasteiger partial charge in [0.1, 0.15) is 0 Å². The first-order valence-corrected chi connectivity index (χ1v) is 8.52. The SMILES string of the molecule is O=C(Cl)c1ccc(-c2ccc(Cl)cc2)c(-c2ccc(Cl)cc2Cl)c1. The lowest BCUT2D eigenvalue weighted by molar-refractivity contribution is 0.108. The van der Waals surface area contributed by atoms with Gasteiger partial charge in [0.2, 0.25) is 0 Å². The zero-order valence-electron chi connectivity index (χ0n) is 12.2. The predicted octanol–water partition coefficient (Wildman–Crippen LogP) is 7.36. The van der Waals surface area contributed by atoms with Crippen molar-refractivity contribution in [3.05, 3.63) is 81.3 Å². The molecule has 3 rings (SSSR count). The van der Waals surface area contributed by atoms with Gasteiger partial charge in [-0.3, -0.25) is 4.79 Å². The van der Waals surface area contributed by atoms with Gasteiger partial charge in [-0.25, -0.2) is 0 Å². The van der Waals surface area contributed by atoms with Crippen LogP contribution in [0.2, 0.25) is 15.1 Å². The molecule has 3 aromatic carbocycles. The molecule has 0 saturated carbocycles. The van der Waals surface area contributed by atoms with Gasteiger partial charge in [0.05, 0.1) is 0 Å². The van der Waals surface area contributed by atoms with Crippen molar-refractivity contribution >= 4 is 51.6 Å². The fourth-order valence-corrected chi connectivity index (χ4v) is 3.23. The van der Waals surface area contributed by atoms with Crippen LogP contribution < -0.4 is 0 Å². The highest BCUT2D eigenvalue weighted by atomic mass is 35.5. The highest BCUT2D eigenvalue weighted by Crippen LogP contribution is 2.38. The lowest BCUT2D eigenvalue weighted by atomic mass is 9.93. The van der Waals surface area contributed by atoms with E-state index in [9.17, 15) is 4.79 Å². The Balaban J connectivity index is 2.26. The summed E-state index contributed by atoms with van der Waals surface area (Å²) in [6, 6.07) is 17.9. The molecule has 0 atom stereocenters. The Labute approximate surface area is 159 Å². The van der Waals surface area contributed by atoms with E-state index in [-0.39, 0.29) is 0 Å². The third-order valence-corrected chi connectivity index (χ3v) is 4.64. The average molecular weight is 396 g/mol. The lowest BCUT2D eigenvalue weighted by Gasteiger charge is -2.13. The summed E-state index contributed by atoms with van der Waals surface area (Å²) in [5, 5.41) is 1.17. The molecule has 0 heterocycles. The molecule has 0 aliphatic rings. The Hall–Kier alpha value is -1.51. The second-order valence-corrected chi connectivity index (χ2v) is 6.79. The average Bonchev–Trinajstić information content (AvgIpc) is 2.55. The summed E-state index contributed by atoms with van der Waals surface area (Å²) in [6.07, 6.45) is 0. The van der Waals surface area contributed by atoms with Gasteiger partial charge >= 0.3 is 0 Å². The number of halogens is 4. The van der Waals surface area contributed by atoms with Gasteiger partial charge in [-0.1, -0.05) is 59.1 Å². The van der Waals surface area contributed by atoms with Crippen molar-refractivity contribution in [1.29, 1.82) is 0 Å². The summed E-state index contributed by atoms with van der Waals surface area (Å²) in [4.78, 5) is 11.6. The zero-order valence-corrected chi connectivity index (χ0v) is 15.2. The van der Waals surface area contributed by atoms with Crippen LogP contribution in [0.5, 0.6) is 0 Å². The maximum absolute atomic E-state index is 11.6. The number of rotatable bonds is 3. The Bertz CT molecular complexity index is 917. The van der Waals surface area contributed by atoms with Crippen molar-refractivity contribution in [3.63, 3.8) is 0 Å². The van der Waals surface area contributed by atoms with E-state index in [1.54, 1.807) is 24.3 Å². The van der Waals surface area contributed by atoms with Crippen LogP contribution in [-0.4, -0.2) is 5.24 Å². The Morgan fingerprint density at radius 3 is 1.92 bits per heavy atom. The van der Waals surface area contributed by atoms with Crippen LogP contribution in [0.3, 0.4) is 0 Å². The van der Waals surface area contributed by atoms with Crippen LogP contribution in [0.1, 0.15) is 10.4 Å². The number of hydrogen-bond donors (Lipinski definition) is 0. The topological polar surface area (TPSA) is 17.1 Å². The summed E-state index contributed by atoms with van der Waals surface area (Å²) >= 11 is 23.9. The second-order valence-electron chi connectivity index (χ2n) is 5.17. The third kappa shape index (κ3) is 3.60. The summed E-state index contributed by atoms with van der Waals surface area (Å²) in [5.74, 6) is 0. The van der Waals surface area contributed by atoms with Gasteiger partial charge in [0.15, 0.2) is 0 Å². The van der Waals surface area contributed by atoms with Crippen molar-refractivity contribution in [2.75, 3.05) is 0 Å². The van der Waals surface area contributed by atoms with Crippen LogP contribution >= 0.6 is 46.4 Å². The maximum atomic E-state index is 11.6. The largest absolute Gasteiger partial charge is 0.276 e. The summed E-state index contributed by atoms with van der Waals surface area (Å²) in [6.45, 7) is 0. The molecule has 24 heavy (non-hydrogen) atoms. The minimum atomic E-state index is -0.524. The Morgan fingerprint density at radius 1 is 0.667 bits per heavy atom. The number of hydrogen-bond acceptors (Lipinski definition) is 1. The molecule has 0 amide bonds. The molecule has 0 aromatic heterocycles. The monoisotopic (exact) mass is 394 g/mol. The molecule has 5 heteroatoms. The molecule has 0 unspecified atom stereocenters. The van der Waals surface area contributed by atoms with Gasteiger partial charge in [-0.15, -0.1) is 0 Å². The standard InChI is InChI=1S/C19H10Cl4O/c20-13-4-1-11(2-5-13)15-7-3-12(19(23)24)9-17(15)16-8-6-14(21)10-18(16)22/h1-10H. The third-order valence-electron chi connectivity index (χ3n) is 3.62. The minimum absolute atomic E-state index is 0.399. The van der Waals surface area contributed by atoms with E-state index in [2.05, 4.69) is 0 Å². The van der Waals surface area contributed by atoms with Gasteiger partial charge in [-0.2, -0.15) is 0 Å². The molecule has 120 valence electrons. The summed E-state index contributed by atoms with van der Waals surface area (Å²) < 4.78 is 0. The molecular formula is C19H10Cl4O. The predicted molar refractivity (Wildman–Crippen MR) is 103 cm³/mol. The highest BCUT2D eigenvalue weighted by molar-refractivity contribution is 6.67. The van der Waals surface area contributed by atoms with Gasteiger partial charge < -0.3 is 0 Å². The van der Waals surface area contributed by atoms with Gasteiger partial charge in [-0.05, 0) is 64.7 Å². The van der Waals surface area contributed by atoms with Gasteiger partial charge in [0, 0.05) is 26.2 Å². The Kier molecular flexibility index (Phi) is 5.17. The van der Waals surface area contributed by atoms with Crippen molar-refractivity contribution < 1.29 is 4.79 Å². The number of carbonyl (C=O) groups excluding carboxylic acids is 1. The Morgan fingerprint density at radius 2 is 1.29 bits per heavy atom. The van der Waals surface area contributed by atoms with Crippen LogP contribution in [-0.2, 0) is 0 Å². The van der Waals surface area contributed by atoms with E-state index in [0.29, 0.717) is 20.6 Å². The van der Waals surface area contributed by atoms with Crippen LogP contribution in [0.25, 0.3) is 22.3 Å². The summed E-state index contributed by atoms with van der Waals surface area (Å²) in [7, 11) is 0. The van der Waals surface area contributed by atoms with Crippen molar-refractivity contribution in [1.82, 2.24) is 0 Å². The first-order chi connectivity index (χ1) is 11.5. The molecule has 0 aliphatic carbocycles. The maximum Gasteiger partial charge on any atom is 0.252 e. The fraction of sp³-hybridized carbons (Fsp3) is 0. The smallest absolute Gasteiger partial charge is 0.252 e. The quantitative estimate of drug-likeness (QED) is 0.423. The first kappa shape index (κ1) is 17.3. The van der Waals surface area contributed by atoms with Crippen LogP contribution in [0.4, 0.5) is 0 Å². The van der Waals surface area contributed by atoms with E-state index >= 15 is 0 Å². The molecule has 0 aliphatic heterocycles. The summed E-state index contributed by atoms with van der Waals surface area (Å²) in [5.41, 5.74) is 3.83. The van der Waals surface area contributed by atoms with Crippen molar-refractivity contribution in [3.8, 4) is 22.3 Å². The van der Waals surface area contributed by atoms with Crippen molar-refractivity contribution in [2.45, 2.75) is 0 Å². The highest BCUT2D eigenvalue weighted by Gasteiger charge is 2.14. The number of carbonyl (C=O) groups is 1. The van der Waals surface area contributed by atoms with E-state index < -0.39 is 5.24 Å². The fourth-order valence-electron chi connectivity index (χ4n) is 2.48. The molecule has 0 N–H and O–H groups in total. The molecule has 0 radical (unpaired) electrons. The van der Waals surface area contributed by atoms with Crippen LogP contribution in [0.15, 0.2) is 60.7 Å². The molecule has 0 fully saturated rings. The number of benzene rings is 3. The lowest BCUT2D eigenvalue weighted by Crippen LogP contribution is -1.93. The molecule has 1 nitrogen and oxygen atoms in total. The molecule has 3 aromatic rings. The zero-order chi connectivity index (χ0) is 17.3. The van der Waals surface area contributed by atoms with E-state index in [4.69, 9.17) is 46.4 Å². The molecule has 0 spiro atoms. The normalized spacial score (nSPS) is 10.7. The van der Waals surface area contributed by atoms with E-state index in [1.165, 1.54) is 0 Å². The van der Waals surface area contributed by atoms with Crippen molar-refractivity contribution in [2.24, 2.45) is 0 Å². The molecule has 0 bridgehead atoms. The van der Waals surface area contributed by atoms with E-state index in [0.717, 1.165) is 22.3 Å². The molecular weight excluding hydrogens is 386 g/mol. The molecule has 0 saturated heterocycles. The second kappa shape index (κ2) is 7.16. The van der Waals surface area contributed by atoms with E-state index in [1.807, 2.05) is 36.4 Å².